The highest BCUT2D eigenvalue weighted by molar-refractivity contribution is 5.50. The Labute approximate surface area is 108 Å². The van der Waals surface area contributed by atoms with Crippen LogP contribution in [0.1, 0.15) is 18.4 Å². The molecule has 1 aromatic carbocycles. The Morgan fingerprint density at radius 2 is 2.17 bits per heavy atom. The summed E-state index contributed by atoms with van der Waals surface area (Å²) in [6.45, 7) is 3.51. The number of ether oxygens (including phenoxy) is 2. The molecule has 0 aliphatic heterocycles. The van der Waals surface area contributed by atoms with E-state index in [0.29, 0.717) is 18.6 Å². The van der Waals surface area contributed by atoms with E-state index in [9.17, 15) is 5.11 Å². The van der Waals surface area contributed by atoms with Gasteiger partial charge in [-0.25, -0.2) is 0 Å². The van der Waals surface area contributed by atoms with Gasteiger partial charge in [0.25, 0.3) is 0 Å². The summed E-state index contributed by atoms with van der Waals surface area (Å²) in [5.74, 6) is 7.47. The van der Waals surface area contributed by atoms with Gasteiger partial charge in [-0.05, 0) is 24.6 Å². The van der Waals surface area contributed by atoms with Crippen LogP contribution in [0.2, 0.25) is 0 Å². The zero-order chi connectivity index (χ0) is 13.4. The van der Waals surface area contributed by atoms with Gasteiger partial charge in [0.1, 0.15) is 11.5 Å². The van der Waals surface area contributed by atoms with E-state index in [1.54, 1.807) is 14.2 Å². The summed E-state index contributed by atoms with van der Waals surface area (Å²) in [6, 6.07) is 5.47. The Morgan fingerprint density at radius 1 is 1.39 bits per heavy atom. The fourth-order valence-corrected chi connectivity index (χ4v) is 1.41. The highest BCUT2D eigenvalue weighted by Crippen LogP contribution is 2.22. The van der Waals surface area contributed by atoms with Crippen LogP contribution in [0.4, 0.5) is 0 Å². The second-order valence-electron chi connectivity index (χ2n) is 3.71. The zero-order valence-corrected chi connectivity index (χ0v) is 10.8. The lowest BCUT2D eigenvalue weighted by Gasteiger charge is -2.05. The van der Waals surface area contributed by atoms with E-state index in [1.807, 2.05) is 18.2 Å². The van der Waals surface area contributed by atoms with Gasteiger partial charge >= 0.3 is 0 Å². The second-order valence-corrected chi connectivity index (χ2v) is 3.71. The predicted molar refractivity (Wildman–Crippen MR) is 71.9 cm³/mol. The van der Waals surface area contributed by atoms with Crippen molar-refractivity contribution in [2.75, 3.05) is 14.2 Å². The molecule has 18 heavy (non-hydrogen) atoms. The van der Waals surface area contributed by atoms with E-state index >= 15 is 0 Å². The van der Waals surface area contributed by atoms with Crippen molar-refractivity contribution in [1.29, 1.82) is 0 Å². The van der Waals surface area contributed by atoms with Crippen LogP contribution in [0.5, 0.6) is 11.5 Å². The summed E-state index contributed by atoms with van der Waals surface area (Å²) in [5.41, 5.74) is 0.782. The molecule has 0 saturated heterocycles. The minimum Gasteiger partial charge on any atom is -0.497 e. The largest absolute Gasteiger partial charge is 0.497 e. The summed E-state index contributed by atoms with van der Waals surface area (Å²) in [7, 11) is 3.22. The SMILES string of the molecule is C=CC(O)CCC#Cc1cc(OC)ccc1OC. The van der Waals surface area contributed by atoms with Crippen molar-refractivity contribution in [2.24, 2.45) is 0 Å². The summed E-state index contributed by atoms with van der Waals surface area (Å²) in [6.07, 6.45) is 2.20. The average molecular weight is 246 g/mol. The Kier molecular flexibility index (Phi) is 5.83. The van der Waals surface area contributed by atoms with Gasteiger partial charge in [-0.2, -0.15) is 0 Å². The molecule has 0 radical (unpaired) electrons. The van der Waals surface area contributed by atoms with Crippen LogP contribution < -0.4 is 9.47 Å². The number of aliphatic hydroxyl groups is 1. The van der Waals surface area contributed by atoms with Gasteiger partial charge in [-0.3, -0.25) is 0 Å². The van der Waals surface area contributed by atoms with Crippen molar-refractivity contribution >= 4 is 0 Å². The monoisotopic (exact) mass is 246 g/mol. The minimum atomic E-state index is -0.494. The number of benzene rings is 1. The van der Waals surface area contributed by atoms with Crippen LogP contribution in [0.25, 0.3) is 0 Å². The molecule has 0 heterocycles. The lowest BCUT2D eigenvalue weighted by molar-refractivity contribution is 0.215. The third-order valence-corrected chi connectivity index (χ3v) is 2.47. The zero-order valence-electron chi connectivity index (χ0n) is 10.8. The topological polar surface area (TPSA) is 38.7 Å². The van der Waals surface area contributed by atoms with Gasteiger partial charge < -0.3 is 14.6 Å². The third-order valence-electron chi connectivity index (χ3n) is 2.47. The molecule has 3 heteroatoms. The van der Waals surface area contributed by atoms with Crippen LogP contribution in [-0.2, 0) is 0 Å². The summed E-state index contributed by atoms with van der Waals surface area (Å²) < 4.78 is 10.4. The molecule has 0 aromatic heterocycles. The summed E-state index contributed by atoms with van der Waals surface area (Å²) in [5, 5.41) is 9.31. The fraction of sp³-hybridized carbons (Fsp3) is 0.333. The quantitative estimate of drug-likeness (QED) is 0.640. The number of aliphatic hydroxyl groups excluding tert-OH is 1. The van der Waals surface area contributed by atoms with Crippen LogP contribution >= 0.6 is 0 Å². The van der Waals surface area contributed by atoms with E-state index < -0.39 is 6.10 Å². The fourth-order valence-electron chi connectivity index (χ4n) is 1.41. The molecule has 0 aliphatic carbocycles. The Hall–Kier alpha value is -1.92. The molecule has 3 nitrogen and oxygen atoms in total. The first kappa shape index (κ1) is 14.1. The molecule has 1 N–H and O–H groups in total. The molecule has 0 fully saturated rings. The summed E-state index contributed by atoms with van der Waals surface area (Å²) >= 11 is 0. The van der Waals surface area contributed by atoms with Crippen LogP contribution in [-0.4, -0.2) is 25.4 Å². The molecule has 0 saturated carbocycles. The van der Waals surface area contributed by atoms with E-state index in [-0.39, 0.29) is 0 Å². The van der Waals surface area contributed by atoms with Crippen molar-refractivity contribution in [3.63, 3.8) is 0 Å². The Bertz CT molecular complexity index is 455. The molecule has 0 spiro atoms. The van der Waals surface area contributed by atoms with Gasteiger partial charge in [-0.1, -0.05) is 17.9 Å². The van der Waals surface area contributed by atoms with Gasteiger partial charge in [-0.15, -0.1) is 6.58 Å². The first-order chi connectivity index (χ1) is 8.71. The first-order valence-electron chi connectivity index (χ1n) is 5.72. The number of hydrogen-bond donors (Lipinski definition) is 1. The van der Waals surface area contributed by atoms with Gasteiger partial charge in [0.05, 0.1) is 25.9 Å². The highest BCUT2D eigenvalue weighted by atomic mass is 16.5. The van der Waals surface area contributed by atoms with E-state index in [4.69, 9.17) is 9.47 Å². The van der Waals surface area contributed by atoms with Gasteiger partial charge in [0.2, 0.25) is 0 Å². The number of hydrogen-bond acceptors (Lipinski definition) is 3. The number of methoxy groups -OCH3 is 2. The Morgan fingerprint density at radius 3 is 2.78 bits per heavy atom. The molecule has 1 unspecified atom stereocenters. The Balaban J connectivity index is 2.75. The normalized spacial score (nSPS) is 11.1. The first-order valence-corrected chi connectivity index (χ1v) is 5.72. The lowest BCUT2D eigenvalue weighted by Crippen LogP contribution is -1.99. The predicted octanol–water partition coefficient (Wildman–Crippen LogP) is 2.38. The average Bonchev–Trinajstić information content (AvgIpc) is 2.42. The van der Waals surface area contributed by atoms with Crippen LogP contribution in [0.3, 0.4) is 0 Å². The van der Waals surface area contributed by atoms with Crippen molar-refractivity contribution in [3.8, 4) is 23.3 Å². The molecule has 0 amide bonds. The van der Waals surface area contributed by atoms with Gasteiger partial charge in [0, 0.05) is 6.42 Å². The third kappa shape index (κ3) is 4.15. The molecule has 96 valence electrons. The molecule has 1 atom stereocenters. The maximum atomic E-state index is 9.31. The molecule has 1 rings (SSSR count). The lowest BCUT2D eigenvalue weighted by atomic mass is 10.1. The number of rotatable bonds is 5. The van der Waals surface area contributed by atoms with Crippen molar-refractivity contribution in [1.82, 2.24) is 0 Å². The van der Waals surface area contributed by atoms with Crippen molar-refractivity contribution in [2.45, 2.75) is 18.9 Å². The smallest absolute Gasteiger partial charge is 0.134 e. The maximum Gasteiger partial charge on any atom is 0.134 e. The standard InChI is InChI=1S/C15H18O3/c1-4-13(16)8-6-5-7-12-11-14(17-2)9-10-15(12)18-3/h4,9-11,13,16H,1,6,8H2,2-3H3. The molecular weight excluding hydrogens is 228 g/mol. The molecule has 0 aliphatic rings. The van der Waals surface area contributed by atoms with Crippen molar-refractivity contribution < 1.29 is 14.6 Å². The minimum absolute atomic E-state index is 0.494. The van der Waals surface area contributed by atoms with Crippen LogP contribution in [0.15, 0.2) is 30.9 Å². The van der Waals surface area contributed by atoms with Crippen molar-refractivity contribution in [3.05, 3.63) is 36.4 Å². The second kappa shape index (κ2) is 7.41. The van der Waals surface area contributed by atoms with Gasteiger partial charge in [0.15, 0.2) is 0 Å². The maximum absolute atomic E-state index is 9.31. The summed E-state index contributed by atoms with van der Waals surface area (Å²) in [4.78, 5) is 0. The van der Waals surface area contributed by atoms with E-state index in [2.05, 4.69) is 18.4 Å². The molecule has 1 aromatic rings. The molecule has 0 bridgehead atoms. The van der Waals surface area contributed by atoms with E-state index in [1.165, 1.54) is 6.08 Å². The molecular formula is C15H18O3. The van der Waals surface area contributed by atoms with E-state index in [0.717, 1.165) is 11.3 Å². The highest BCUT2D eigenvalue weighted by Gasteiger charge is 2.01. The van der Waals surface area contributed by atoms with Crippen LogP contribution in [0, 0.1) is 11.8 Å².